The van der Waals surface area contributed by atoms with Crippen molar-refractivity contribution in [3.05, 3.63) is 45.5 Å². The average molecular weight is 313 g/mol. The van der Waals surface area contributed by atoms with Crippen molar-refractivity contribution in [1.29, 1.82) is 0 Å². The smallest absolute Gasteiger partial charge is 0.134 e. The van der Waals surface area contributed by atoms with Gasteiger partial charge in [0.25, 0.3) is 0 Å². The Hall–Kier alpha value is -1.26. The largest absolute Gasteiger partial charge is 0.399 e. The molecule has 2 aromatic rings. The van der Waals surface area contributed by atoms with Gasteiger partial charge in [-0.25, -0.2) is 4.98 Å². The molecule has 2 rings (SSSR count). The second kappa shape index (κ2) is 4.94. The number of pyridine rings is 1. The van der Waals surface area contributed by atoms with Crippen molar-refractivity contribution in [1.82, 2.24) is 4.98 Å². The molecule has 0 atom stereocenters. The zero-order chi connectivity index (χ0) is 12.4. The molecule has 0 aliphatic carbocycles. The van der Waals surface area contributed by atoms with E-state index in [9.17, 15) is 0 Å². The number of nitrogen functional groups attached to an aromatic ring is 1. The Morgan fingerprint density at radius 3 is 2.76 bits per heavy atom. The summed E-state index contributed by atoms with van der Waals surface area (Å²) in [6.07, 6.45) is 0. The van der Waals surface area contributed by atoms with Crippen LogP contribution in [0, 0.1) is 6.92 Å². The van der Waals surface area contributed by atoms with Gasteiger partial charge in [0.1, 0.15) is 11.0 Å². The number of halogens is 2. The molecule has 5 heteroatoms. The third kappa shape index (κ3) is 3.11. The summed E-state index contributed by atoms with van der Waals surface area (Å²) in [5.41, 5.74) is 8.38. The van der Waals surface area contributed by atoms with E-state index in [4.69, 9.17) is 17.3 Å². The van der Waals surface area contributed by atoms with Crippen molar-refractivity contribution in [3.8, 4) is 0 Å². The lowest BCUT2D eigenvalue weighted by Gasteiger charge is -2.10. The molecule has 0 bridgehead atoms. The standard InChI is InChI=1S/C12H11BrClN3/c1-7-2-3-8(13)4-10(7)16-12-6-9(15)5-11(14)17-12/h2-6H,1H3,(H3,15,16,17). The Bertz CT molecular complexity index is 537. The minimum absolute atomic E-state index is 0.375. The van der Waals surface area contributed by atoms with Crippen LogP contribution < -0.4 is 11.1 Å². The van der Waals surface area contributed by atoms with Crippen LogP contribution in [0.4, 0.5) is 17.2 Å². The van der Waals surface area contributed by atoms with Crippen LogP contribution in [-0.2, 0) is 0 Å². The summed E-state index contributed by atoms with van der Waals surface area (Å²) in [6.45, 7) is 2.02. The van der Waals surface area contributed by atoms with Gasteiger partial charge in [-0.05, 0) is 30.7 Å². The van der Waals surface area contributed by atoms with Gasteiger partial charge in [0.15, 0.2) is 0 Å². The van der Waals surface area contributed by atoms with Crippen molar-refractivity contribution in [2.75, 3.05) is 11.1 Å². The van der Waals surface area contributed by atoms with E-state index in [1.54, 1.807) is 12.1 Å². The van der Waals surface area contributed by atoms with Gasteiger partial charge in [0.05, 0.1) is 0 Å². The first-order chi connectivity index (χ1) is 8.04. The highest BCUT2D eigenvalue weighted by Crippen LogP contribution is 2.25. The van der Waals surface area contributed by atoms with E-state index in [0.29, 0.717) is 16.7 Å². The number of hydrogen-bond donors (Lipinski definition) is 2. The molecule has 1 heterocycles. The predicted octanol–water partition coefficient (Wildman–Crippen LogP) is 4.13. The topological polar surface area (TPSA) is 50.9 Å². The van der Waals surface area contributed by atoms with E-state index in [2.05, 4.69) is 26.2 Å². The Kier molecular flexibility index (Phi) is 3.54. The molecule has 3 N–H and O–H groups in total. The fourth-order valence-electron chi connectivity index (χ4n) is 1.45. The molecule has 0 saturated carbocycles. The van der Waals surface area contributed by atoms with Gasteiger partial charge >= 0.3 is 0 Å². The lowest BCUT2D eigenvalue weighted by Crippen LogP contribution is -1.97. The first-order valence-electron chi connectivity index (χ1n) is 5.01. The van der Waals surface area contributed by atoms with Crippen LogP contribution in [0.3, 0.4) is 0 Å². The van der Waals surface area contributed by atoms with Crippen LogP contribution in [-0.4, -0.2) is 4.98 Å². The molecule has 0 radical (unpaired) electrons. The molecule has 17 heavy (non-hydrogen) atoms. The second-order valence-corrected chi connectivity index (χ2v) is 5.00. The molecule has 3 nitrogen and oxygen atoms in total. The Morgan fingerprint density at radius 2 is 2.06 bits per heavy atom. The summed E-state index contributed by atoms with van der Waals surface area (Å²) in [4.78, 5) is 4.16. The number of nitrogens with two attached hydrogens (primary N) is 1. The number of hydrogen-bond acceptors (Lipinski definition) is 3. The number of anilines is 3. The molecule has 88 valence electrons. The molecule has 0 fully saturated rings. The summed E-state index contributed by atoms with van der Waals surface area (Å²) in [7, 11) is 0. The SMILES string of the molecule is Cc1ccc(Br)cc1Nc1cc(N)cc(Cl)n1. The van der Waals surface area contributed by atoms with E-state index in [0.717, 1.165) is 15.7 Å². The summed E-state index contributed by atoms with van der Waals surface area (Å²) in [5.74, 6) is 0.635. The van der Waals surface area contributed by atoms with E-state index in [-0.39, 0.29) is 0 Å². The van der Waals surface area contributed by atoms with Gasteiger partial charge in [-0.2, -0.15) is 0 Å². The van der Waals surface area contributed by atoms with Crippen molar-refractivity contribution in [2.45, 2.75) is 6.92 Å². The third-order valence-electron chi connectivity index (χ3n) is 2.28. The van der Waals surface area contributed by atoms with E-state index >= 15 is 0 Å². The summed E-state index contributed by atoms with van der Waals surface area (Å²) in [6, 6.07) is 9.33. The number of aromatic nitrogens is 1. The van der Waals surface area contributed by atoms with Gasteiger partial charge in [-0.15, -0.1) is 0 Å². The van der Waals surface area contributed by atoms with Gasteiger partial charge in [-0.3, -0.25) is 0 Å². The molecule has 1 aromatic carbocycles. The van der Waals surface area contributed by atoms with Gasteiger partial charge in [0.2, 0.25) is 0 Å². The summed E-state index contributed by atoms with van der Waals surface area (Å²) in [5, 5.41) is 3.56. The van der Waals surface area contributed by atoms with Crippen LogP contribution in [0.15, 0.2) is 34.8 Å². The fraction of sp³-hybridized carbons (Fsp3) is 0.0833. The van der Waals surface area contributed by atoms with E-state index in [1.807, 2.05) is 25.1 Å². The second-order valence-electron chi connectivity index (χ2n) is 3.69. The fourth-order valence-corrected chi connectivity index (χ4v) is 2.03. The van der Waals surface area contributed by atoms with E-state index in [1.165, 1.54) is 0 Å². The third-order valence-corrected chi connectivity index (χ3v) is 2.97. The lowest BCUT2D eigenvalue weighted by molar-refractivity contribution is 1.30. The summed E-state index contributed by atoms with van der Waals surface area (Å²) < 4.78 is 1.00. The monoisotopic (exact) mass is 311 g/mol. The van der Waals surface area contributed by atoms with Gasteiger partial charge in [0, 0.05) is 21.9 Å². The van der Waals surface area contributed by atoms with Crippen LogP contribution in [0.2, 0.25) is 5.15 Å². The van der Waals surface area contributed by atoms with Gasteiger partial charge in [-0.1, -0.05) is 33.6 Å². The Balaban J connectivity index is 2.34. The number of rotatable bonds is 2. The molecule has 0 aliphatic heterocycles. The normalized spacial score (nSPS) is 10.3. The zero-order valence-corrected chi connectivity index (χ0v) is 11.5. The maximum absolute atomic E-state index is 5.85. The van der Waals surface area contributed by atoms with Crippen LogP contribution in [0.5, 0.6) is 0 Å². The highest BCUT2D eigenvalue weighted by Gasteiger charge is 2.03. The minimum atomic E-state index is 0.375. The molecular weight excluding hydrogens is 302 g/mol. The zero-order valence-electron chi connectivity index (χ0n) is 9.17. The van der Waals surface area contributed by atoms with Gasteiger partial charge < -0.3 is 11.1 Å². The number of aryl methyl sites for hydroxylation is 1. The maximum atomic E-state index is 5.85. The highest BCUT2D eigenvalue weighted by atomic mass is 79.9. The first-order valence-corrected chi connectivity index (χ1v) is 6.18. The quantitative estimate of drug-likeness (QED) is 0.820. The van der Waals surface area contributed by atoms with Crippen molar-refractivity contribution in [3.63, 3.8) is 0 Å². The maximum Gasteiger partial charge on any atom is 0.134 e. The van der Waals surface area contributed by atoms with Crippen LogP contribution in [0.1, 0.15) is 5.56 Å². The Morgan fingerprint density at radius 1 is 1.29 bits per heavy atom. The lowest BCUT2D eigenvalue weighted by atomic mass is 10.2. The Labute approximate surface area is 113 Å². The molecule has 1 aromatic heterocycles. The average Bonchev–Trinajstić information content (AvgIpc) is 2.22. The minimum Gasteiger partial charge on any atom is -0.399 e. The van der Waals surface area contributed by atoms with Crippen LogP contribution in [0.25, 0.3) is 0 Å². The van der Waals surface area contributed by atoms with Crippen molar-refractivity contribution in [2.24, 2.45) is 0 Å². The highest BCUT2D eigenvalue weighted by molar-refractivity contribution is 9.10. The van der Waals surface area contributed by atoms with E-state index < -0.39 is 0 Å². The number of nitrogens with zero attached hydrogens (tertiary/aromatic N) is 1. The number of nitrogens with one attached hydrogen (secondary N) is 1. The van der Waals surface area contributed by atoms with Crippen molar-refractivity contribution < 1.29 is 0 Å². The van der Waals surface area contributed by atoms with Crippen LogP contribution >= 0.6 is 27.5 Å². The molecule has 0 unspecified atom stereocenters. The van der Waals surface area contributed by atoms with Crippen molar-refractivity contribution >= 4 is 44.7 Å². The molecule has 0 amide bonds. The molecule has 0 aliphatic rings. The summed E-state index contributed by atoms with van der Waals surface area (Å²) >= 11 is 9.27. The predicted molar refractivity (Wildman–Crippen MR) is 75.8 cm³/mol. The number of benzene rings is 1. The molecular formula is C12H11BrClN3. The molecule has 0 saturated heterocycles. The molecule has 0 spiro atoms. The first kappa shape index (κ1) is 12.2.